The number of fused-ring (bicyclic) bond motifs is 3. The first-order valence-electron chi connectivity index (χ1n) is 7.01. The van der Waals surface area contributed by atoms with Crippen LogP contribution in [0, 0.1) is 17.7 Å². The van der Waals surface area contributed by atoms with Gasteiger partial charge in [-0.1, -0.05) is 12.1 Å². The lowest BCUT2D eigenvalue weighted by molar-refractivity contribution is 0.154. The zero-order chi connectivity index (χ0) is 12.5. The minimum Gasteiger partial charge on any atom is -0.366 e. The number of hydrogen-bond acceptors (Lipinski definition) is 2. The molecule has 3 fully saturated rings. The Morgan fingerprint density at radius 2 is 2.11 bits per heavy atom. The Hall–Kier alpha value is -1.09. The molecule has 2 nitrogen and oxygen atoms in total. The van der Waals surface area contributed by atoms with E-state index in [1.807, 2.05) is 12.1 Å². The predicted molar refractivity (Wildman–Crippen MR) is 72.0 cm³/mol. The number of halogens is 1. The Kier molecular flexibility index (Phi) is 3.25. The van der Waals surface area contributed by atoms with E-state index in [0.717, 1.165) is 31.1 Å². The number of nitrogens with two attached hydrogens (primary N) is 1. The van der Waals surface area contributed by atoms with Gasteiger partial charge in [-0.15, -0.1) is 0 Å². The standard InChI is InChI=1S/C15H21FN2/c16-14-3-1-2-4-15(14)18-10-12-5-6-13(18)9-11(12)7-8-17/h1-4,11-13H,5-10,17H2. The second-order valence-electron chi connectivity index (χ2n) is 5.67. The van der Waals surface area contributed by atoms with Crippen LogP contribution in [-0.2, 0) is 0 Å². The molecule has 18 heavy (non-hydrogen) atoms. The number of anilines is 1. The molecule has 4 rings (SSSR count). The molecule has 0 amide bonds. The number of benzene rings is 1. The first-order valence-corrected chi connectivity index (χ1v) is 7.01. The van der Waals surface area contributed by atoms with Gasteiger partial charge in [-0.25, -0.2) is 4.39 Å². The predicted octanol–water partition coefficient (Wildman–Crippen LogP) is 2.78. The highest BCUT2D eigenvalue weighted by Gasteiger charge is 2.40. The van der Waals surface area contributed by atoms with Crippen LogP contribution in [0.5, 0.6) is 0 Å². The maximum Gasteiger partial charge on any atom is 0.146 e. The van der Waals surface area contributed by atoms with Crippen LogP contribution in [0.4, 0.5) is 10.1 Å². The molecule has 2 heterocycles. The van der Waals surface area contributed by atoms with E-state index in [4.69, 9.17) is 5.73 Å². The number of piperidine rings is 2. The van der Waals surface area contributed by atoms with Crippen LogP contribution in [0.3, 0.4) is 0 Å². The van der Waals surface area contributed by atoms with Gasteiger partial charge < -0.3 is 10.6 Å². The molecule has 2 N–H and O–H groups in total. The van der Waals surface area contributed by atoms with Crippen molar-refractivity contribution in [3.63, 3.8) is 0 Å². The molecular formula is C15H21FN2. The normalized spacial score (nSPS) is 30.8. The summed E-state index contributed by atoms with van der Waals surface area (Å²) < 4.78 is 13.9. The molecule has 3 atom stereocenters. The highest BCUT2D eigenvalue weighted by Crippen LogP contribution is 2.43. The van der Waals surface area contributed by atoms with Crippen molar-refractivity contribution in [3.8, 4) is 0 Å². The molecule has 3 unspecified atom stereocenters. The van der Waals surface area contributed by atoms with E-state index in [2.05, 4.69) is 4.90 Å². The van der Waals surface area contributed by atoms with Crippen LogP contribution in [0.1, 0.15) is 25.7 Å². The van der Waals surface area contributed by atoms with Crippen LogP contribution in [-0.4, -0.2) is 19.1 Å². The smallest absolute Gasteiger partial charge is 0.146 e. The maximum absolute atomic E-state index is 13.9. The summed E-state index contributed by atoms with van der Waals surface area (Å²) in [6.45, 7) is 1.80. The molecule has 1 saturated carbocycles. The summed E-state index contributed by atoms with van der Waals surface area (Å²) in [5, 5.41) is 0. The average molecular weight is 248 g/mol. The van der Waals surface area contributed by atoms with E-state index in [9.17, 15) is 4.39 Å². The Balaban J connectivity index is 1.80. The molecular weight excluding hydrogens is 227 g/mol. The lowest BCUT2D eigenvalue weighted by atomic mass is 9.70. The zero-order valence-corrected chi connectivity index (χ0v) is 10.7. The monoisotopic (exact) mass is 248 g/mol. The van der Waals surface area contributed by atoms with Crippen LogP contribution in [0.25, 0.3) is 0 Å². The third-order valence-electron chi connectivity index (χ3n) is 4.68. The number of nitrogens with zero attached hydrogens (tertiary/aromatic N) is 1. The number of rotatable bonds is 3. The molecule has 0 radical (unpaired) electrons. The SMILES string of the molecule is NCCC1CC2CCC1CN2c1ccccc1F. The van der Waals surface area contributed by atoms with E-state index in [-0.39, 0.29) is 5.82 Å². The molecule has 2 bridgehead atoms. The Bertz CT molecular complexity index is 421. The minimum atomic E-state index is -0.0829. The highest BCUT2D eigenvalue weighted by atomic mass is 19.1. The summed E-state index contributed by atoms with van der Waals surface area (Å²) in [6.07, 6.45) is 4.82. The van der Waals surface area contributed by atoms with Gasteiger partial charge in [-0.2, -0.15) is 0 Å². The summed E-state index contributed by atoms with van der Waals surface area (Å²) in [5.41, 5.74) is 6.48. The van der Waals surface area contributed by atoms with Gasteiger partial charge in [0.2, 0.25) is 0 Å². The van der Waals surface area contributed by atoms with E-state index in [1.54, 1.807) is 12.1 Å². The largest absolute Gasteiger partial charge is 0.366 e. The third kappa shape index (κ3) is 2.01. The molecule has 2 saturated heterocycles. The van der Waals surface area contributed by atoms with Crippen molar-refractivity contribution in [2.24, 2.45) is 17.6 Å². The fourth-order valence-corrected chi connectivity index (χ4v) is 3.77. The zero-order valence-electron chi connectivity index (χ0n) is 10.7. The third-order valence-corrected chi connectivity index (χ3v) is 4.68. The molecule has 3 aliphatic rings. The molecule has 2 aliphatic heterocycles. The Labute approximate surface area is 108 Å². The van der Waals surface area contributed by atoms with Crippen molar-refractivity contribution in [2.45, 2.75) is 31.7 Å². The van der Waals surface area contributed by atoms with Crippen LogP contribution in [0.15, 0.2) is 24.3 Å². The van der Waals surface area contributed by atoms with Gasteiger partial charge >= 0.3 is 0 Å². The van der Waals surface area contributed by atoms with Crippen LogP contribution < -0.4 is 10.6 Å². The van der Waals surface area contributed by atoms with Crippen LogP contribution >= 0.6 is 0 Å². The van der Waals surface area contributed by atoms with Crippen molar-refractivity contribution >= 4 is 5.69 Å². The lowest BCUT2D eigenvalue weighted by Crippen LogP contribution is -2.52. The molecule has 1 aliphatic carbocycles. The lowest BCUT2D eigenvalue weighted by Gasteiger charge is -2.51. The van der Waals surface area contributed by atoms with E-state index in [0.29, 0.717) is 12.0 Å². The topological polar surface area (TPSA) is 29.3 Å². The summed E-state index contributed by atoms with van der Waals surface area (Å²) in [7, 11) is 0. The fraction of sp³-hybridized carbons (Fsp3) is 0.600. The van der Waals surface area contributed by atoms with Crippen LogP contribution in [0.2, 0.25) is 0 Å². The molecule has 1 aromatic carbocycles. The van der Waals surface area contributed by atoms with Gasteiger partial charge in [0.05, 0.1) is 5.69 Å². The van der Waals surface area contributed by atoms with Gasteiger partial charge in [-0.3, -0.25) is 0 Å². The first kappa shape index (κ1) is 12.0. The van der Waals surface area contributed by atoms with Crippen molar-refractivity contribution in [1.29, 1.82) is 0 Å². The molecule has 0 spiro atoms. The fourth-order valence-electron chi connectivity index (χ4n) is 3.77. The van der Waals surface area contributed by atoms with Gasteiger partial charge in [0.1, 0.15) is 5.82 Å². The van der Waals surface area contributed by atoms with Gasteiger partial charge in [0, 0.05) is 12.6 Å². The van der Waals surface area contributed by atoms with E-state index >= 15 is 0 Å². The summed E-state index contributed by atoms with van der Waals surface area (Å²) in [6, 6.07) is 7.68. The van der Waals surface area contributed by atoms with Gasteiger partial charge in [0.25, 0.3) is 0 Å². The molecule has 1 aromatic rings. The minimum absolute atomic E-state index is 0.0829. The second kappa shape index (κ2) is 4.88. The Morgan fingerprint density at radius 3 is 2.78 bits per heavy atom. The van der Waals surface area contributed by atoms with E-state index < -0.39 is 0 Å². The average Bonchev–Trinajstić information content (AvgIpc) is 2.40. The number of para-hydroxylation sites is 1. The first-order chi connectivity index (χ1) is 8.79. The molecule has 98 valence electrons. The summed E-state index contributed by atoms with van der Waals surface area (Å²) >= 11 is 0. The second-order valence-corrected chi connectivity index (χ2v) is 5.67. The highest BCUT2D eigenvalue weighted by molar-refractivity contribution is 5.49. The summed E-state index contributed by atoms with van der Waals surface area (Å²) in [4.78, 5) is 2.29. The Morgan fingerprint density at radius 1 is 1.28 bits per heavy atom. The number of hydrogen-bond donors (Lipinski definition) is 1. The quantitative estimate of drug-likeness (QED) is 0.891. The molecule has 0 aromatic heterocycles. The van der Waals surface area contributed by atoms with Crippen molar-refractivity contribution in [2.75, 3.05) is 18.0 Å². The van der Waals surface area contributed by atoms with E-state index in [1.165, 1.54) is 19.3 Å². The van der Waals surface area contributed by atoms with Crippen molar-refractivity contribution < 1.29 is 4.39 Å². The van der Waals surface area contributed by atoms with Gasteiger partial charge in [0.15, 0.2) is 0 Å². The van der Waals surface area contributed by atoms with Crippen molar-refractivity contribution in [3.05, 3.63) is 30.1 Å². The maximum atomic E-state index is 13.9. The summed E-state index contributed by atoms with van der Waals surface area (Å²) in [5.74, 6) is 1.38. The van der Waals surface area contributed by atoms with Gasteiger partial charge in [-0.05, 0) is 56.2 Å². The molecule has 3 heteroatoms. The van der Waals surface area contributed by atoms with Crippen molar-refractivity contribution in [1.82, 2.24) is 0 Å².